The van der Waals surface area contributed by atoms with Gasteiger partial charge in [0.25, 0.3) is 11.8 Å². The van der Waals surface area contributed by atoms with Crippen LogP contribution in [0.1, 0.15) is 62.3 Å². The van der Waals surface area contributed by atoms with Gasteiger partial charge in [-0.1, -0.05) is 24.4 Å². The lowest BCUT2D eigenvalue weighted by Crippen LogP contribution is -2.46. The van der Waals surface area contributed by atoms with Gasteiger partial charge in [-0.15, -0.1) is 0 Å². The van der Waals surface area contributed by atoms with Crippen LogP contribution in [-0.4, -0.2) is 54.3 Å². The van der Waals surface area contributed by atoms with E-state index in [9.17, 15) is 9.59 Å². The van der Waals surface area contributed by atoms with Gasteiger partial charge in [0, 0.05) is 11.1 Å². The summed E-state index contributed by atoms with van der Waals surface area (Å²) in [7, 11) is 0. The molecule has 6 nitrogen and oxygen atoms in total. The topological polar surface area (TPSA) is 65.3 Å². The van der Waals surface area contributed by atoms with Crippen LogP contribution >= 0.6 is 24.4 Å². The Bertz CT molecular complexity index is 895. The van der Waals surface area contributed by atoms with E-state index in [2.05, 4.69) is 9.98 Å². The van der Waals surface area contributed by atoms with Gasteiger partial charge in [0.15, 0.2) is 0 Å². The van der Waals surface area contributed by atoms with Crippen LogP contribution in [0.5, 0.6) is 0 Å². The Morgan fingerprint density at radius 3 is 1.25 bits per heavy atom. The highest BCUT2D eigenvalue weighted by molar-refractivity contribution is 7.82. The number of benzene rings is 1. The first kappa shape index (κ1) is 20.4. The molecule has 2 heterocycles. The van der Waals surface area contributed by atoms with E-state index in [1.54, 1.807) is 38.1 Å². The first-order valence-electron chi connectivity index (χ1n) is 8.87. The number of carbonyl (C=O) groups excluding carboxylic acids is 2. The van der Waals surface area contributed by atoms with Gasteiger partial charge in [-0.3, -0.25) is 29.4 Å². The molecule has 28 heavy (non-hydrogen) atoms. The van der Waals surface area contributed by atoms with E-state index in [0.717, 1.165) is 0 Å². The molecule has 1 aromatic carbocycles. The zero-order valence-electron chi connectivity index (χ0n) is 16.7. The summed E-state index contributed by atoms with van der Waals surface area (Å²) in [5.41, 5.74) is 0.751. The summed E-state index contributed by atoms with van der Waals surface area (Å²) >= 11 is 10.7. The molecule has 8 heteroatoms. The smallest absolute Gasteiger partial charge is 0.260 e. The number of hydrogen-bond donors (Lipinski definition) is 0. The molecule has 0 radical (unpaired) electrons. The van der Waals surface area contributed by atoms with Crippen molar-refractivity contribution in [2.75, 3.05) is 0 Å². The Labute approximate surface area is 175 Å². The molecule has 1 aromatic rings. The minimum Gasteiger partial charge on any atom is -0.272 e. The number of hydrogen-bond acceptors (Lipinski definition) is 6. The van der Waals surface area contributed by atoms with Gasteiger partial charge < -0.3 is 0 Å². The maximum Gasteiger partial charge on any atom is 0.260 e. The maximum atomic E-state index is 13.0. The largest absolute Gasteiger partial charge is 0.272 e. The Hall–Kier alpha value is -2.32. The minimum absolute atomic E-state index is 0.245. The lowest BCUT2D eigenvalue weighted by atomic mass is 10.1. The fraction of sp³-hybridized carbons (Fsp3) is 0.400. The van der Waals surface area contributed by atoms with Crippen molar-refractivity contribution in [1.29, 1.82) is 0 Å². The third-order valence-corrected chi connectivity index (χ3v) is 5.74. The summed E-state index contributed by atoms with van der Waals surface area (Å²) in [6, 6.07) is 6.51. The molecular formula is C20H22N4O2S2. The molecule has 0 aliphatic carbocycles. The van der Waals surface area contributed by atoms with Crippen molar-refractivity contribution >= 4 is 57.7 Å². The number of aliphatic imine (C=N–C) groups is 2. The summed E-state index contributed by atoms with van der Waals surface area (Å²) in [4.78, 5) is 38.7. The van der Waals surface area contributed by atoms with Crippen molar-refractivity contribution in [3.63, 3.8) is 0 Å². The molecule has 0 fully saturated rings. The molecule has 2 aliphatic heterocycles. The standard InChI is InChI=1S/C20H22N4O2S2/c1-11-17(27)23(19(3,4)21-11)15(25)13-7-9-14(10-8-13)16(26)24-18(28)12(2)22-20(24,5)6/h7-10H,1-6H3. The Kier molecular flexibility index (Phi) is 4.84. The van der Waals surface area contributed by atoms with Crippen molar-refractivity contribution in [3.05, 3.63) is 35.4 Å². The van der Waals surface area contributed by atoms with Gasteiger partial charge >= 0.3 is 0 Å². The molecule has 3 rings (SSSR count). The number of carbonyl (C=O) groups is 2. The van der Waals surface area contributed by atoms with E-state index in [1.807, 2.05) is 27.7 Å². The van der Waals surface area contributed by atoms with Gasteiger partial charge in [0.1, 0.15) is 21.3 Å². The SMILES string of the molecule is CC1=NC(C)(C)N(C(=O)c2ccc(C(=O)N3C(=S)C(C)=NC3(C)C)cc2)C1=S. The first-order valence-corrected chi connectivity index (χ1v) is 9.69. The highest BCUT2D eigenvalue weighted by Gasteiger charge is 2.41. The summed E-state index contributed by atoms with van der Waals surface area (Å²) in [6.45, 7) is 10.9. The summed E-state index contributed by atoms with van der Waals surface area (Å²) in [6.07, 6.45) is 0. The number of thiocarbonyl (C=S) groups is 2. The predicted octanol–water partition coefficient (Wildman–Crippen LogP) is 3.65. The number of rotatable bonds is 2. The summed E-state index contributed by atoms with van der Waals surface area (Å²) in [5.74, 6) is -0.489. The summed E-state index contributed by atoms with van der Waals surface area (Å²) in [5, 5.41) is 0. The number of nitrogens with zero attached hydrogens (tertiary/aromatic N) is 4. The average Bonchev–Trinajstić information content (AvgIpc) is 2.93. The van der Waals surface area contributed by atoms with Crippen LogP contribution in [0, 0.1) is 0 Å². The lowest BCUT2D eigenvalue weighted by Gasteiger charge is -2.30. The highest BCUT2D eigenvalue weighted by Crippen LogP contribution is 2.29. The molecule has 0 unspecified atom stereocenters. The fourth-order valence-electron chi connectivity index (χ4n) is 3.53. The molecule has 0 atom stereocenters. The van der Waals surface area contributed by atoms with Crippen LogP contribution < -0.4 is 0 Å². The third-order valence-electron chi connectivity index (χ3n) is 4.79. The van der Waals surface area contributed by atoms with Crippen LogP contribution in [0.4, 0.5) is 0 Å². The second-order valence-electron chi connectivity index (χ2n) is 7.85. The van der Waals surface area contributed by atoms with Crippen LogP contribution in [0.15, 0.2) is 34.3 Å². The average molecular weight is 415 g/mol. The Morgan fingerprint density at radius 2 is 1.04 bits per heavy atom. The fourth-order valence-corrected chi connectivity index (χ4v) is 4.24. The van der Waals surface area contributed by atoms with E-state index >= 15 is 0 Å². The van der Waals surface area contributed by atoms with Gasteiger partial charge in [-0.05, 0) is 65.8 Å². The molecular weight excluding hydrogens is 392 g/mol. The van der Waals surface area contributed by atoms with E-state index in [1.165, 1.54) is 9.80 Å². The van der Waals surface area contributed by atoms with Gasteiger partial charge in [-0.2, -0.15) is 0 Å². The maximum absolute atomic E-state index is 13.0. The summed E-state index contributed by atoms with van der Waals surface area (Å²) < 4.78 is 0. The second kappa shape index (κ2) is 6.63. The van der Waals surface area contributed by atoms with Crippen molar-refractivity contribution in [2.24, 2.45) is 9.98 Å². The number of amides is 2. The van der Waals surface area contributed by atoms with Crippen molar-refractivity contribution < 1.29 is 9.59 Å². The molecule has 2 aliphatic rings. The first-order chi connectivity index (χ1) is 12.9. The molecule has 2 amide bonds. The molecule has 146 valence electrons. The molecule has 0 N–H and O–H groups in total. The Balaban J connectivity index is 1.85. The zero-order valence-corrected chi connectivity index (χ0v) is 18.4. The van der Waals surface area contributed by atoms with Crippen LogP contribution in [0.2, 0.25) is 0 Å². The minimum atomic E-state index is -0.729. The lowest BCUT2D eigenvalue weighted by molar-refractivity contribution is 0.0744. The second-order valence-corrected chi connectivity index (χ2v) is 8.63. The third kappa shape index (κ3) is 3.20. The van der Waals surface area contributed by atoms with E-state index in [4.69, 9.17) is 24.4 Å². The van der Waals surface area contributed by atoms with Crippen molar-refractivity contribution in [2.45, 2.75) is 52.9 Å². The molecule has 0 saturated carbocycles. The van der Waals surface area contributed by atoms with Gasteiger partial charge in [0.05, 0.1) is 11.4 Å². The van der Waals surface area contributed by atoms with Crippen molar-refractivity contribution in [1.82, 2.24) is 9.80 Å². The normalized spacial score (nSPS) is 20.4. The zero-order chi connectivity index (χ0) is 21.0. The van der Waals surface area contributed by atoms with E-state index in [-0.39, 0.29) is 11.8 Å². The van der Waals surface area contributed by atoms with Crippen LogP contribution in [-0.2, 0) is 0 Å². The Morgan fingerprint density at radius 1 is 0.750 bits per heavy atom. The van der Waals surface area contributed by atoms with Crippen LogP contribution in [0.25, 0.3) is 0 Å². The predicted molar refractivity (Wildman–Crippen MR) is 118 cm³/mol. The van der Waals surface area contributed by atoms with E-state index < -0.39 is 11.3 Å². The molecule has 0 aromatic heterocycles. The van der Waals surface area contributed by atoms with E-state index in [0.29, 0.717) is 32.5 Å². The monoisotopic (exact) mass is 414 g/mol. The van der Waals surface area contributed by atoms with Crippen molar-refractivity contribution in [3.8, 4) is 0 Å². The van der Waals surface area contributed by atoms with Crippen LogP contribution in [0.3, 0.4) is 0 Å². The van der Waals surface area contributed by atoms with Gasteiger partial charge in [0.2, 0.25) is 0 Å². The molecule has 0 saturated heterocycles. The molecule has 0 bridgehead atoms. The quantitative estimate of drug-likeness (QED) is 0.693. The molecule has 0 spiro atoms. The van der Waals surface area contributed by atoms with Gasteiger partial charge in [-0.25, -0.2) is 0 Å². The highest BCUT2D eigenvalue weighted by atomic mass is 32.1.